The van der Waals surface area contributed by atoms with Gasteiger partial charge in [0, 0.05) is 17.6 Å². The number of amides is 1. The normalized spacial score (nSPS) is 10.2. The fourth-order valence-corrected chi connectivity index (χ4v) is 2.14. The Balaban J connectivity index is 1.92. The van der Waals surface area contributed by atoms with Gasteiger partial charge in [0.15, 0.2) is 12.4 Å². The average molecular weight is 335 g/mol. The van der Waals surface area contributed by atoms with Crippen molar-refractivity contribution in [2.24, 2.45) is 0 Å². The van der Waals surface area contributed by atoms with Crippen LogP contribution in [0.1, 0.15) is 11.1 Å². The van der Waals surface area contributed by atoms with E-state index >= 15 is 0 Å². The molecule has 0 aromatic heterocycles. The molecule has 120 valence electrons. The quantitative estimate of drug-likeness (QED) is 0.649. The summed E-state index contributed by atoms with van der Waals surface area (Å²) in [5.41, 5.74) is 1.50. The third-order valence-corrected chi connectivity index (χ3v) is 3.28. The van der Waals surface area contributed by atoms with Crippen molar-refractivity contribution in [1.82, 2.24) is 5.32 Å². The second kappa shape index (κ2) is 7.60. The molecule has 0 heterocycles. The molecule has 0 radical (unpaired) electrons. The molecule has 23 heavy (non-hydrogen) atoms. The first-order chi connectivity index (χ1) is 11.0. The van der Waals surface area contributed by atoms with E-state index in [0.717, 1.165) is 11.1 Å². The number of rotatable bonds is 6. The van der Waals surface area contributed by atoms with Crippen LogP contribution < -0.4 is 10.1 Å². The van der Waals surface area contributed by atoms with Gasteiger partial charge < -0.3 is 10.1 Å². The van der Waals surface area contributed by atoms with Crippen LogP contribution in [0.2, 0.25) is 5.02 Å². The summed E-state index contributed by atoms with van der Waals surface area (Å²) in [6.45, 7) is 1.79. The van der Waals surface area contributed by atoms with Crippen LogP contribution in [0.4, 0.5) is 5.69 Å². The molecule has 0 saturated heterocycles. The number of nitro benzene ring substituents is 1. The Kier molecular flexibility index (Phi) is 5.54. The summed E-state index contributed by atoms with van der Waals surface area (Å²) < 4.78 is 5.27. The molecule has 2 aromatic carbocycles. The minimum absolute atomic E-state index is 0.0768. The van der Waals surface area contributed by atoms with Crippen molar-refractivity contribution >= 4 is 23.2 Å². The maximum atomic E-state index is 11.8. The van der Waals surface area contributed by atoms with E-state index in [1.807, 2.05) is 6.07 Å². The van der Waals surface area contributed by atoms with E-state index in [0.29, 0.717) is 11.6 Å². The highest BCUT2D eigenvalue weighted by molar-refractivity contribution is 6.30. The van der Waals surface area contributed by atoms with Gasteiger partial charge in [-0.05, 0) is 36.2 Å². The second-order valence-corrected chi connectivity index (χ2v) is 5.36. The Bertz CT molecular complexity index is 734. The topological polar surface area (TPSA) is 81.5 Å². The minimum atomic E-state index is -0.543. The third kappa shape index (κ3) is 4.96. The number of ether oxygens (including phenoxy) is 1. The standard InChI is InChI=1S/C16H15ClN2O4/c1-11-5-6-14(19(21)22)15(7-11)23-10-16(20)18-9-12-3-2-4-13(17)8-12/h2-8H,9-10H2,1H3,(H,18,20). The van der Waals surface area contributed by atoms with Crippen molar-refractivity contribution in [2.75, 3.05) is 6.61 Å². The van der Waals surface area contributed by atoms with E-state index in [2.05, 4.69) is 5.32 Å². The number of hydrogen-bond acceptors (Lipinski definition) is 4. The van der Waals surface area contributed by atoms with Gasteiger partial charge in [-0.2, -0.15) is 0 Å². The molecule has 0 fully saturated rings. The van der Waals surface area contributed by atoms with Gasteiger partial charge in [-0.15, -0.1) is 0 Å². The molecule has 0 atom stereocenters. The SMILES string of the molecule is Cc1ccc([N+](=O)[O-])c(OCC(=O)NCc2cccc(Cl)c2)c1. The zero-order valence-corrected chi connectivity index (χ0v) is 13.2. The summed E-state index contributed by atoms with van der Waals surface area (Å²) in [5, 5.41) is 14.2. The first-order valence-corrected chi connectivity index (χ1v) is 7.22. The molecule has 7 heteroatoms. The lowest BCUT2D eigenvalue weighted by Crippen LogP contribution is -2.28. The van der Waals surface area contributed by atoms with Crippen molar-refractivity contribution in [3.8, 4) is 5.75 Å². The summed E-state index contributed by atoms with van der Waals surface area (Å²) in [6, 6.07) is 11.6. The van der Waals surface area contributed by atoms with Gasteiger partial charge in [0.2, 0.25) is 0 Å². The number of hydrogen-bond donors (Lipinski definition) is 1. The highest BCUT2D eigenvalue weighted by Gasteiger charge is 2.16. The predicted octanol–water partition coefficient (Wildman–Crippen LogP) is 3.25. The highest BCUT2D eigenvalue weighted by atomic mass is 35.5. The smallest absolute Gasteiger partial charge is 0.310 e. The Labute approximate surface area is 138 Å². The molecule has 0 aliphatic heterocycles. The number of benzene rings is 2. The molecule has 1 N–H and O–H groups in total. The summed E-state index contributed by atoms with van der Waals surface area (Å²) in [5.74, 6) is -0.298. The molecular weight excluding hydrogens is 320 g/mol. The van der Waals surface area contributed by atoms with Crippen LogP contribution in [0, 0.1) is 17.0 Å². The molecule has 1 amide bonds. The lowest BCUT2D eigenvalue weighted by molar-refractivity contribution is -0.385. The number of halogens is 1. The Morgan fingerprint density at radius 1 is 1.30 bits per heavy atom. The number of aryl methyl sites for hydroxylation is 1. The van der Waals surface area contributed by atoms with Gasteiger partial charge in [-0.25, -0.2) is 0 Å². The van der Waals surface area contributed by atoms with Gasteiger partial charge in [0.1, 0.15) is 0 Å². The first-order valence-electron chi connectivity index (χ1n) is 6.84. The molecule has 0 spiro atoms. The predicted molar refractivity (Wildman–Crippen MR) is 86.6 cm³/mol. The van der Waals surface area contributed by atoms with Crippen LogP contribution >= 0.6 is 11.6 Å². The van der Waals surface area contributed by atoms with Crippen LogP contribution in [-0.4, -0.2) is 17.4 Å². The maximum absolute atomic E-state index is 11.8. The summed E-state index contributed by atoms with van der Waals surface area (Å²) >= 11 is 5.86. The average Bonchev–Trinajstić information content (AvgIpc) is 2.50. The van der Waals surface area contributed by atoms with Crippen molar-refractivity contribution in [2.45, 2.75) is 13.5 Å². The maximum Gasteiger partial charge on any atom is 0.310 e. The number of nitro groups is 1. The van der Waals surface area contributed by atoms with Gasteiger partial charge in [0.05, 0.1) is 4.92 Å². The fraction of sp³-hybridized carbons (Fsp3) is 0.188. The zero-order valence-electron chi connectivity index (χ0n) is 12.4. The zero-order chi connectivity index (χ0) is 16.8. The van der Waals surface area contributed by atoms with Crippen LogP contribution in [0.5, 0.6) is 5.75 Å². The Hall–Kier alpha value is -2.60. The van der Waals surface area contributed by atoms with E-state index in [1.165, 1.54) is 12.1 Å². The Morgan fingerprint density at radius 2 is 2.09 bits per heavy atom. The van der Waals surface area contributed by atoms with Crippen molar-refractivity contribution in [3.63, 3.8) is 0 Å². The lowest BCUT2D eigenvalue weighted by Gasteiger charge is -2.09. The van der Waals surface area contributed by atoms with E-state index in [-0.39, 0.29) is 24.0 Å². The molecule has 0 aliphatic carbocycles. The van der Waals surface area contributed by atoms with Gasteiger partial charge in [0.25, 0.3) is 5.91 Å². The fourth-order valence-electron chi connectivity index (χ4n) is 1.93. The van der Waals surface area contributed by atoms with E-state index < -0.39 is 4.92 Å². The van der Waals surface area contributed by atoms with E-state index in [1.54, 1.807) is 31.2 Å². The van der Waals surface area contributed by atoms with Crippen molar-refractivity contribution in [1.29, 1.82) is 0 Å². The molecule has 0 unspecified atom stereocenters. The second-order valence-electron chi connectivity index (χ2n) is 4.92. The number of carbonyl (C=O) groups excluding carboxylic acids is 1. The van der Waals surface area contributed by atoms with Crippen LogP contribution in [0.25, 0.3) is 0 Å². The molecule has 2 rings (SSSR count). The van der Waals surface area contributed by atoms with Gasteiger partial charge in [-0.3, -0.25) is 14.9 Å². The van der Waals surface area contributed by atoms with Gasteiger partial charge in [-0.1, -0.05) is 29.8 Å². The van der Waals surface area contributed by atoms with Crippen LogP contribution in [0.3, 0.4) is 0 Å². The molecule has 0 saturated carbocycles. The highest BCUT2D eigenvalue weighted by Crippen LogP contribution is 2.27. The molecule has 2 aromatic rings. The molecule has 0 bridgehead atoms. The minimum Gasteiger partial charge on any atom is -0.477 e. The monoisotopic (exact) mass is 334 g/mol. The Morgan fingerprint density at radius 3 is 2.78 bits per heavy atom. The van der Waals surface area contributed by atoms with Crippen LogP contribution in [0.15, 0.2) is 42.5 Å². The number of nitrogens with zero attached hydrogens (tertiary/aromatic N) is 1. The molecular formula is C16H15ClN2O4. The largest absolute Gasteiger partial charge is 0.477 e. The van der Waals surface area contributed by atoms with Gasteiger partial charge >= 0.3 is 5.69 Å². The lowest BCUT2D eigenvalue weighted by atomic mass is 10.2. The van der Waals surface area contributed by atoms with E-state index in [9.17, 15) is 14.9 Å². The van der Waals surface area contributed by atoms with Crippen molar-refractivity contribution in [3.05, 3.63) is 68.7 Å². The van der Waals surface area contributed by atoms with E-state index in [4.69, 9.17) is 16.3 Å². The van der Waals surface area contributed by atoms with Crippen molar-refractivity contribution < 1.29 is 14.5 Å². The number of nitrogens with one attached hydrogen (secondary N) is 1. The van der Waals surface area contributed by atoms with Crippen LogP contribution in [-0.2, 0) is 11.3 Å². The number of carbonyl (C=O) groups is 1. The summed E-state index contributed by atoms with van der Waals surface area (Å²) in [7, 11) is 0. The molecule has 6 nitrogen and oxygen atoms in total. The summed E-state index contributed by atoms with van der Waals surface area (Å²) in [6.07, 6.45) is 0. The summed E-state index contributed by atoms with van der Waals surface area (Å²) in [4.78, 5) is 22.2. The molecule has 0 aliphatic rings. The first kappa shape index (κ1) is 16.8. The third-order valence-electron chi connectivity index (χ3n) is 3.05.